The highest BCUT2D eigenvalue weighted by Gasteiger charge is 2.41. The van der Waals surface area contributed by atoms with Crippen molar-refractivity contribution in [2.45, 2.75) is 32.6 Å². The second-order valence-corrected chi connectivity index (χ2v) is 9.01. The standard InChI is InChI=1S/C29H24F3NO6/c1-2-14-36-28(35)19-8-10-20(11-9-19)38-26-24(34)21-12-13-23-22(25(21)39-27(26)29(30,31)32)16-33(17-37-23)15-18-6-4-3-5-7-18/h3-13H,2,14-17H2,1H3. The number of fused-ring (bicyclic) bond motifs is 3. The highest BCUT2D eigenvalue weighted by atomic mass is 19.4. The van der Waals surface area contributed by atoms with Crippen LogP contribution in [-0.2, 0) is 24.0 Å². The molecule has 0 spiro atoms. The summed E-state index contributed by atoms with van der Waals surface area (Å²) in [4.78, 5) is 27.2. The Balaban J connectivity index is 1.50. The third-order valence-corrected chi connectivity index (χ3v) is 6.12. The number of alkyl halides is 3. The quantitative estimate of drug-likeness (QED) is 0.247. The van der Waals surface area contributed by atoms with Crippen LogP contribution in [0.2, 0.25) is 0 Å². The Kier molecular flexibility index (Phi) is 7.30. The Hall–Kier alpha value is -4.31. The minimum Gasteiger partial charge on any atom is -0.478 e. The zero-order chi connectivity index (χ0) is 27.6. The highest BCUT2D eigenvalue weighted by molar-refractivity contribution is 5.89. The predicted octanol–water partition coefficient (Wildman–Crippen LogP) is 6.52. The van der Waals surface area contributed by atoms with Gasteiger partial charge in [-0.25, -0.2) is 4.79 Å². The van der Waals surface area contributed by atoms with Gasteiger partial charge in [0.25, 0.3) is 5.76 Å². The molecule has 0 saturated carbocycles. The Bertz CT molecular complexity index is 1550. The van der Waals surface area contributed by atoms with E-state index in [0.717, 1.165) is 5.56 Å². The Morgan fingerprint density at radius 2 is 1.77 bits per heavy atom. The Morgan fingerprint density at radius 1 is 1.03 bits per heavy atom. The highest BCUT2D eigenvalue weighted by Crippen LogP contribution is 2.41. The molecule has 0 fully saturated rings. The molecule has 7 nitrogen and oxygen atoms in total. The maximum absolute atomic E-state index is 14.1. The lowest BCUT2D eigenvalue weighted by Crippen LogP contribution is -2.31. The van der Waals surface area contributed by atoms with Crippen LogP contribution in [0.5, 0.6) is 17.2 Å². The van der Waals surface area contributed by atoms with Gasteiger partial charge in [0.2, 0.25) is 11.2 Å². The van der Waals surface area contributed by atoms with E-state index < -0.39 is 29.1 Å². The van der Waals surface area contributed by atoms with Crippen molar-refractivity contribution in [2.24, 2.45) is 0 Å². The summed E-state index contributed by atoms with van der Waals surface area (Å²) in [6.07, 6.45) is -4.38. The fourth-order valence-electron chi connectivity index (χ4n) is 4.27. The van der Waals surface area contributed by atoms with Crippen LogP contribution in [0.1, 0.15) is 40.6 Å². The molecule has 1 aliphatic heterocycles. The summed E-state index contributed by atoms with van der Waals surface area (Å²) in [7, 11) is 0. The second kappa shape index (κ2) is 10.8. The number of ether oxygens (including phenoxy) is 3. The summed E-state index contributed by atoms with van der Waals surface area (Å²) < 4.78 is 64.0. The molecule has 10 heteroatoms. The maximum atomic E-state index is 14.1. The van der Waals surface area contributed by atoms with Crippen LogP contribution in [0.4, 0.5) is 13.2 Å². The molecular weight excluding hydrogens is 515 g/mol. The zero-order valence-corrected chi connectivity index (χ0v) is 20.9. The first-order chi connectivity index (χ1) is 18.7. The lowest BCUT2D eigenvalue weighted by molar-refractivity contribution is -0.154. The van der Waals surface area contributed by atoms with Gasteiger partial charge in [-0.05, 0) is 48.4 Å². The van der Waals surface area contributed by atoms with Crippen LogP contribution >= 0.6 is 0 Å². The van der Waals surface area contributed by atoms with Gasteiger partial charge in [0, 0.05) is 13.1 Å². The first-order valence-electron chi connectivity index (χ1n) is 12.3. The average molecular weight is 540 g/mol. The van der Waals surface area contributed by atoms with Gasteiger partial charge in [-0.3, -0.25) is 9.69 Å². The van der Waals surface area contributed by atoms with E-state index in [2.05, 4.69) is 0 Å². The second-order valence-electron chi connectivity index (χ2n) is 9.01. The minimum absolute atomic E-state index is 0.0679. The van der Waals surface area contributed by atoms with E-state index in [1.54, 1.807) is 6.07 Å². The fourth-order valence-corrected chi connectivity index (χ4v) is 4.27. The van der Waals surface area contributed by atoms with Crippen molar-refractivity contribution in [3.8, 4) is 17.2 Å². The van der Waals surface area contributed by atoms with Gasteiger partial charge < -0.3 is 18.6 Å². The van der Waals surface area contributed by atoms with Crippen molar-refractivity contribution < 1.29 is 36.6 Å². The molecule has 39 heavy (non-hydrogen) atoms. The summed E-state index contributed by atoms with van der Waals surface area (Å²) in [5.74, 6) is -2.84. The number of hydrogen-bond donors (Lipinski definition) is 0. The lowest BCUT2D eigenvalue weighted by atomic mass is 10.1. The van der Waals surface area contributed by atoms with Crippen molar-refractivity contribution in [1.29, 1.82) is 0 Å². The molecular formula is C29H24F3NO6. The van der Waals surface area contributed by atoms with Crippen molar-refractivity contribution >= 4 is 16.9 Å². The average Bonchev–Trinajstić information content (AvgIpc) is 2.93. The molecule has 0 bridgehead atoms. The van der Waals surface area contributed by atoms with Gasteiger partial charge in [0.05, 0.1) is 23.1 Å². The van der Waals surface area contributed by atoms with Crippen LogP contribution < -0.4 is 14.9 Å². The number of nitrogens with zero attached hydrogens (tertiary/aromatic N) is 1. The molecule has 1 aliphatic rings. The van der Waals surface area contributed by atoms with Crippen molar-refractivity contribution in [1.82, 2.24) is 4.90 Å². The van der Waals surface area contributed by atoms with Crippen LogP contribution in [0.25, 0.3) is 11.0 Å². The number of carbonyl (C=O) groups excluding carboxylic acids is 1. The van der Waals surface area contributed by atoms with E-state index in [4.69, 9.17) is 18.6 Å². The van der Waals surface area contributed by atoms with Crippen LogP contribution in [0, 0.1) is 0 Å². The number of esters is 1. The Labute approximate surface area is 221 Å². The predicted molar refractivity (Wildman–Crippen MR) is 136 cm³/mol. The Morgan fingerprint density at radius 3 is 2.46 bits per heavy atom. The summed E-state index contributed by atoms with van der Waals surface area (Å²) in [6.45, 7) is 3.03. The molecule has 5 rings (SSSR count). The normalized spacial score (nSPS) is 13.5. The van der Waals surface area contributed by atoms with Crippen LogP contribution in [0.15, 0.2) is 75.9 Å². The minimum atomic E-state index is -5.02. The smallest absolute Gasteiger partial charge is 0.453 e. The number of carbonyl (C=O) groups is 1. The van der Waals surface area contributed by atoms with E-state index in [1.165, 1.54) is 30.3 Å². The third-order valence-electron chi connectivity index (χ3n) is 6.12. The number of halogens is 3. The van der Waals surface area contributed by atoms with Crippen LogP contribution in [-0.4, -0.2) is 24.2 Å². The number of hydrogen-bond acceptors (Lipinski definition) is 7. The molecule has 202 valence electrons. The van der Waals surface area contributed by atoms with E-state index in [9.17, 15) is 22.8 Å². The van der Waals surface area contributed by atoms with Gasteiger partial charge in [0.1, 0.15) is 23.8 Å². The number of rotatable bonds is 7. The first kappa shape index (κ1) is 26.3. The molecule has 0 unspecified atom stereocenters. The van der Waals surface area contributed by atoms with Crippen LogP contribution in [0.3, 0.4) is 0 Å². The SMILES string of the molecule is CCCOC(=O)c1ccc(Oc2c(C(F)(F)F)oc3c4c(ccc3c2=O)OCN(Cc2ccccc2)C4)cc1. The summed E-state index contributed by atoms with van der Waals surface area (Å²) in [5.41, 5.74) is 0.368. The molecule has 0 aliphatic carbocycles. The topological polar surface area (TPSA) is 78.2 Å². The van der Waals surface area contributed by atoms with E-state index in [-0.39, 0.29) is 42.2 Å². The van der Waals surface area contributed by atoms with Gasteiger partial charge >= 0.3 is 12.1 Å². The van der Waals surface area contributed by atoms with Gasteiger partial charge in [-0.1, -0.05) is 37.3 Å². The largest absolute Gasteiger partial charge is 0.478 e. The fraction of sp³-hybridized carbons (Fsp3) is 0.241. The van der Waals surface area contributed by atoms with E-state index >= 15 is 0 Å². The number of benzene rings is 3. The first-order valence-corrected chi connectivity index (χ1v) is 12.3. The van der Waals surface area contributed by atoms with E-state index in [1.807, 2.05) is 42.2 Å². The molecule has 0 amide bonds. The zero-order valence-electron chi connectivity index (χ0n) is 20.9. The molecule has 3 aromatic carbocycles. The van der Waals surface area contributed by atoms with Gasteiger partial charge in [0.15, 0.2) is 0 Å². The monoisotopic (exact) mass is 539 g/mol. The van der Waals surface area contributed by atoms with Crippen molar-refractivity contribution in [3.05, 3.63) is 99.4 Å². The lowest BCUT2D eigenvalue weighted by Gasteiger charge is -2.29. The maximum Gasteiger partial charge on any atom is 0.453 e. The van der Waals surface area contributed by atoms with Crippen molar-refractivity contribution in [2.75, 3.05) is 13.3 Å². The molecule has 2 heterocycles. The molecule has 0 radical (unpaired) electrons. The van der Waals surface area contributed by atoms with Gasteiger partial charge in [-0.15, -0.1) is 0 Å². The molecule has 0 atom stereocenters. The summed E-state index contributed by atoms with van der Waals surface area (Å²) in [6, 6.07) is 17.7. The summed E-state index contributed by atoms with van der Waals surface area (Å²) in [5, 5.41) is -0.0679. The molecule has 0 N–H and O–H groups in total. The summed E-state index contributed by atoms with van der Waals surface area (Å²) >= 11 is 0. The van der Waals surface area contributed by atoms with Crippen molar-refractivity contribution in [3.63, 3.8) is 0 Å². The van der Waals surface area contributed by atoms with E-state index in [0.29, 0.717) is 24.3 Å². The third kappa shape index (κ3) is 5.61. The molecule has 4 aromatic rings. The molecule has 1 aromatic heterocycles. The van der Waals surface area contributed by atoms with Gasteiger partial charge in [-0.2, -0.15) is 13.2 Å². The molecule has 0 saturated heterocycles.